The lowest BCUT2D eigenvalue weighted by molar-refractivity contribution is 0.486. The Labute approximate surface area is 135 Å². The zero-order chi connectivity index (χ0) is 14.8. The first kappa shape index (κ1) is 13.9. The molecular weight excluding hydrogens is 350 g/mol. The van der Waals surface area contributed by atoms with Gasteiger partial charge in [0.25, 0.3) is 0 Å². The van der Waals surface area contributed by atoms with Gasteiger partial charge in [-0.3, -0.25) is 0 Å². The van der Waals surface area contributed by atoms with E-state index in [1.807, 2.05) is 36.4 Å². The van der Waals surface area contributed by atoms with E-state index >= 15 is 0 Å². The Hall–Kier alpha value is -2.02. The van der Waals surface area contributed by atoms with Crippen LogP contribution in [0.15, 0.2) is 59.1 Å². The molecule has 0 saturated carbocycles. The van der Waals surface area contributed by atoms with Crippen LogP contribution in [0.4, 0.5) is 0 Å². The molecule has 0 fully saturated rings. The fourth-order valence-corrected chi connectivity index (χ4v) is 2.68. The summed E-state index contributed by atoms with van der Waals surface area (Å²) in [7, 11) is 0. The maximum atomic E-state index is 9.18. The summed E-state index contributed by atoms with van der Waals surface area (Å²) in [5, 5.41) is 11.7. The van der Waals surface area contributed by atoms with Crippen molar-refractivity contribution < 1.29 is 4.74 Å². The number of halogens is 2. The van der Waals surface area contributed by atoms with Crippen LogP contribution in [0, 0.1) is 11.3 Å². The Morgan fingerprint density at radius 2 is 1.71 bits per heavy atom. The topological polar surface area (TPSA) is 33.0 Å². The molecule has 2 nitrogen and oxygen atoms in total. The zero-order valence-electron chi connectivity index (χ0n) is 10.8. The highest BCUT2D eigenvalue weighted by Crippen LogP contribution is 2.35. The largest absolute Gasteiger partial charge is 0.455 e. The number of rotatable bonds is 2. The van der Waals surface area contributed by atoms with E-state index in [1.54, 1.807) is 18.2 Å². The van der Waals surface area contributed by atoms with Crippen LogP contribution >= 0.6 is 27.5 Å². The molecule has 0 atom stereocenters. The Balaban J connectivity index is 2.13. The van der Waals surface area contributed by atoms with E-state index in [9.17, 15) is 5.26 Å². The summed E-state index contributed by atoms with van der Waals surface area (Å²) in [5.74, 6) is 1.18. The Morgan fingerprint density at radius 3 is 2.48 bits per heavy atom. The predicted octanol–water partition coefficient (Wildman–Crippen LogP) is 5.92. The maximum absolute atomic E-state index is 9.18. The summed E-state index contributed by atoms with van der Waals surface area (Å²) in [6, 6.07) is 18.8. The normalized spacial score (nSPS) is 10.3. The number of hydrogen-bond donors (Lipinski definition) is 0. The molecule has 4 heteroatoms. The van der Waals surface area contributed by atoms with Crippen molar-refractivity contribution in [3.05, 3.63) is 69.7 Å². The van der Waals surface area contributed by atoms with E-state index in [1.165, 1.54) is 0 Å². The van der Waals surface area contributed by atoms with Crippen molar-refractivity contribution in [1.29, 1.82) is 5.26 Å². The van der Waals surface area contributed by atoms with Crippen LogP contribution in [-0.2, 0) is 0 Å². The number of nitrogens with zero attached hydrogens (tertiary/aromatic N) is 1. The summed E-state index contributed by atoms with van der Waals surface area (Å²) in [6.07, 6.45) is 0. The smallest absolute Gasteiger partial charge is 0.146 e. The van der Waals surface area contributed by atoms with Gasteiger partial charge in [0.15, 0.2) is 0 Å². The molecule has 0 aliphatic carbocycles. The lowest BCUT2D eigenvalue weighted by atomic mass is 10.1. The molecule has 0 aliphatic rings. The lowest BCUT2D eigenvalue weighted by Gasteiger charge is -2.11. The molecule has 0 amide bonds. The molecule has 0 radical (unpaired) electrons. The van der Waals surface area contributed by atoms with Crippen LogP contribution in [0.5, 0.6) is 11.5 Å². The average Bonchev–Trinajstić information content (AvgIpc) is 2.51. The van der Waals surface area contributed by atoms with Crippen molar-refractivity contribution in [2.45, 2.75) is 0 Å². The van der Waals surface area contributed by atoms with Crippen molar-refractivity contribution in [2.75, 3.05) is 0 Å². The molecular formula is C17H9BrClNO. The highest BCUT2D eigenvalue weighted by Gasteiger charge is 2.09. The fraction of sp³-hybridized carbons (Fsp3) is 0. The molecule has 0 heterocycles. The number of hydrogen-bond acceptors (Lipinski definition) is 2. The molecule has 0 spiro atoms. The van der Waals surface area contributed by atoms with E-state index in [2.05, 4.69) is 22.0 Å². The number of fused-ring (bicyclic) bond motifs is 1. The second-order valence-electron chi connectivity index (χ2n) is 4.45. The van der Waals surface area contributed by atoms with Crippen LogP contribution in [0.1, 0.15) is 5.56 Å². The third-order valence-electron chi connectivity index (χ3n) is 3.11. The minimum absolute atomic E-state index is 0.484. The van der Waals surface area contributed by atoms with Gasteiger partial charge in [-0.2, -0.15) is 5.26 Å². The van der Waals surface area contributed by atoms with E-state index in [0.29, 0.717) is 22.1 Å². The van der Waals surface area contributed by atoms with Gasteiger partial charge in [-0.05, 0) is 30.3 Å². The summed E-state index contributed by atoms with van der Waals surface area (Å²) in [6.45, 7) is 0. The first-order chi connectivity index (χ1) is 10.2. The average molecular weight is 359 g/mol. The first-order valence-electron chi connectivity index (χ1n) is 6.24. The highest BCUT2D eigenvalue weighted by atomic mass is 79.9. The Bertz CT molecular complexity index is 870. The number of benzene rings is 3. The molecule has 0 aliphatic heterocycles. The molecule has 0 unspecified atom stereocenters. The third-order valence-corrected chi connectivity index (χ3v) is 3.94. The van der Waals surface area contributed by atoms with Gasteiger partial charge in [-0.1, -0.05) is 51.8 Å². The molecule has 3 aromatic carbocycles. The Kier molecular flexibility index (Phi) is 3.83. The predicted molar refractivity (Wildman–Crippen MR) is 87.9 cm³/mol. The van der Waals surface area contributed by atoms with Gasteiger partial charge < -0.3 is 4.74 Å². The van der Waals surface area contributed by atoms with Crippen LogP contribution in [0.3, 0.4) is 0 Å². The van der Waals surface area contributed by atoms with E-state index < -0.39 is 0 Å². The molecule has 0 N–H and O–H groups in total. The van der Waals surface area contributed by atoms with Crippen molar-refractivity contribution in [1.82, 2.24) is 0 Å². The van der Waals surface area contributed by atoms with Gasteiger partial charge in [0.05, 0.1) is 5.56 Å². The van der Waals surface area contributed by atoms with Crippen molar-refractivity contribution in [3.63, 3.8) is 0 Å². The lowest BCUT2D eigenvalue weighted by Crippen LogP contribution is -1.90. The SMILES string of the molecule is N#Cc1ccc(Br)cc1Oc1ccc(Cl)c2ccccc12. The monoisotopic (exact) mass is 357 g/mol. The third kappa shape index (κ3) is 2.73. The van der Waals surface area contributed by atoms with Gasteiger partial charge in [-0.15, -0.1) is 0 Å². The highest BCUT2D eigenvalue weighted by molar-refractivity contribution is 9.10. The van der Waals surface area contributed by atoms with E-state index in [-0.39, 0.29) is 0 Å². The second-order valence-corrected chi connectivity index (χ2v) is 5.77. The van der Waals surface area contributed by atoms with E-state index in [4.69, 9.17) is 16.3 Å². The van der Waals surface area contributed by atoms with Crippen LogP contribution < -0.4 is 4.74 Å². The van der Waals surface area contributed by atoms with Crippen molar-refractivity contribution >= 4 is 38.3 Å². The summed E-state index contributed by atoms with van der Waals surface area (Å²) >= 11 is 9.59. The summed E-state index contributed by atoms with van der Waals surface area (Å²) in [5.41, 5.74) is 0.484. The van der Waals surface area contributed by atoms with Gasteiger partial charge in [0.1, 0.15) is 17.6 Å². The van der Waals surface area contributed by atoms with Crippen LogP contribution in [0.25, 0.3) is 10.8 Å². The zero-order valence-corrected chi connectivity index (χ0v) is 13.1. The van der Waals surface area contributed by atoms with Gasteiger partial charge in [0.2, 0.25) is 0 Å². The summed E-state index contributed by atoms with van der Waals surface area (Å²) in [4.78, 5) is 0. The van der Waals surface area contributed by atoms with Crippen LogP contribution in [0.2, 0.25) is 5.02 Å². The van der Waals surface area contributed by atoms with Gasteiger partial charge in [-0.25, -0.2) is 0 Å². The van der Waals surface area contributed by atoms with Crippen molar-refractivity contribution in [3.8, 4) is 17.6 Å². The molecule has 0 bridgehead atoms. The quantitative estimate of drug-likeness (QED) is 0.569. The second kappa shape index (κ2) is 5.77. The minimum Gasteiger partial charge on any atom is -0.455 e. The van der Waals surface area contributed by atoms with Gasteiger partial charge in [0, 0.05) is 20.3 Å². The molecule has 102 valence electrons. The number of ether oxygens (including phenoxy) is 1. The summed E-state index contributed by atoms with van der Waals surface area (Å²) < 4.78 is 6.79. The fourth-order valence-electron chi connectivity index (χ4n) is 2.12. The standard InChI is InChI=1S/C17H9BrClNO/c18-12-6-5-11(10-20)17(9-12)21-16-8-7-15(19)13-3-1-2-4-14(13)16/h1-9H. The van der Waals surface area contributed by atoms with Gasteiger partial charge >= 0.3 is 0 Å². The Morgan fingerprint density at radius 1 is 0.952 bits per heavy atom. The molecule has 3 aromatic rings. The van der Waals surface area contributed by atoms with Crippen molar-refractivity contribution in [2.24, 2.45) is 0 Å². The first-order valence-corrected chi connectivity index (χ1v) is 7.41. The minimum atomic E-state index is 0.484. The number of nitriles is 1. The maximum Gasteiger partial charge on any atom is 0.146 e. The molecule has 0 aromatic heterocycles. The van der Waals surface area contributed by atoms with Crippen LogP contribution in [-0.4, -0.2) is 0 Å². The molecule has 21 heavy (non-hydrogen) atoms. The van der Waals surface area contributed by atoms with E-state index in [0.717, 1.165) is 15.2 Å². The molecule has 0 saturated heterocycles. The molecule has 3 rings (SSSR count).